The van der Waals surface area contributed by atoms with E-state index in [0.717, 1.165) is 42.7 Å². The number of nitrogens with one attached hydrogen (secondary N) is 1. The quantitative estimate of drug-likeness (QED) is 0.904. The Morgan fingerprint density at radius 1 is 1.08 bits per heavy atom. The molecule has 0 amide bonds. The molecule has 6 heteroatoms. The lowest BCUT2D eigenvalue weighted by atomic mass is 9.92. The maximum atomic E-state index is 4.50. The molecule has 25 heavy (non-hydrogen) atoms. The number of anilines is 2. The summed E-state index contributed by atoms with van der Waals surface area (Å²) in [6, 6.07) is 4.18. The minimum absolute atomic E-state index is 0.0446. The SMILES string of the molecule is CC(C)(C)c1ccc(N2CC(CNc3nccnc3C3CC3)C2)nn1. The van der Waals surface area contributed by atoms with Crippen LogP contribution in [0.25, 0.3) is 0 Å². The first-order valence-corrected chi connectivity index (χ1v) is 9.14. The summed E-state index contributed by atoms with van der Waals surface area (Å²) in [6.45, 7) is 9.42. The van der Waals surface area contributed by atoms with Crippen molar-refractivity contribution >= 4 is 11.6 Å². The average Bonchev–Trinajstić information content (AvgIpc) is 3.38. The summed E-state index contributed by atoms with van der Waals surface area (Å²) in [5, 5.41) is 12.3. The van der Waals surface area contributed by atoms with Crippen LogP contribution in [-0.4, -0.2) is 39.8 Å². The van der Waals surface area contributed by atoms with Gasteiger partial charge in [0.2, 0.25) is 0 Å². The first-order valence-electron chi connectivity index (χ1n) is 9.14. The van der Waals surface area contributed by atoms with Gasteiger partial charge in [0.05, 0.1) is 11.4 Å². The van der Waals surface area contributed by atoms with Gasteiger partial charge in [0, 0.05) is 49.3 Å². The maximum absolute atomic E-state index is 4.50. The summed E-state index contributed by atoms with van der Waals surface area (Å²) >= 11 is 0. The number of aromatic nitrogens is 4. The zero-order valence-corrected chi connectivity index (χ0v) is 15.2. The molecular weight excluding hydrogens is 312 g/mol. The predicted octanol–water partition coefficient (Wildman–Crippen LogP) is 2.99. The molecule has 2 aliphatic rings. The van der Waals surface area contributed by atoms with Gasteiger partial charge in [-0.1, -0.05) is 20.8 Å². The van der Waals surface area contributed by atoms with Crippen LogP contribution in [0.3, 0.4) is 0 Å². The molecule has 2 fully saturated rings. The Labute approximate surface area is 149 Å². The van der Waals surface area contributed by atoms with Crippen molar-refractivity contribution in [3.63, 3.8) is 0 Å². The molecule has 0 unspecified atom stereocenters. The van der Waals surface area contributed by atoms with Crippen molar-refractivity contribution in [2.24, 2.45) is 5.92 Å². The van der Waals surface area contributed by atoms with E-state index in [-0.39, 0.29) is 5.41 Å². The van der Waals surface area contributed by atoms with Gasteiger partial charge in [-0.15, -0.1) is 5.10 Å². The highest BCUT2D eigenvalue weighted by Gasteiger charge is 2.31. The molecule has 4 rings (SSSR count). The fourth-order valence-corrected chi connectivity index (χ4v) is 3.16. The van der Waals surface area contributed by atoms with Crippen LogP contribution in [0.15, 0.2) is 24.5 Å². The minimum Gasteiger partial charge on any atom is -0.368 e. The Kier molecular flexibility index (Phi) is 4.06. The summed E-state index contributed by atoms with van der Waals surface area (Å²) in [5.74, 6) is 3.17. The van der Waals surface area contributed by atoms with Crippen LogP contribution in [0.4, 0.5) is 11.6 Å². The Morgan fingerprint density at radius 2 is 1.84 bits per heavy atom. The van der Waals surface area contributed by atoms with E-state index in [1.807, 2.05) is 0 Å². The van der Waals surface area contributed by atoms with Gasteiger partial charge in [0.1, 0.15) is 5.82 Å². The number of nitrogens with zero attached hydrogens (tertiary/aromatic N) is 5. The van der Waals surface area contributed by atoms with Crippen LogP contribution in [0.1, 0.15) is 50.9 Å². The zero-order chi connectivity index (χ0) is 17.4. The largest absolute Gasteiger partial charge is 0.368 e. The highest BCUT2D eigenvalue weighted by atomic mass is 15.3. The number of hydrogen-bond donors (Lipinski definition) is 1. The van der Waals surface area contributed by atoms with Crippen LogP contribution in [-0.2, 0) is 5.41 Å². The van der Waals surface area contributed by atoms with Crippen molar-refractivity contribution in [3.8, 4) is 0 Å². The lowest BCUT2D eigenvalue weighted by Gasteiger charge is -2.40. The second-order valence-electron chi connectivity index (χ2n) is 8.24. The van der Waals surface area contributed by atoms with Gasteiger partial charge in [-0.3, -0.25) is 4.98 Å². The Balaban J connectivity index is 1.29. The molecule has 2 aromatic heterocycles. The van der Waals surface area contributed by atoms with Gasteiger partial charge >= 0.3 is 0 Å². The molecule has 1 N–H and O–H groups in total. The van der Waals surface area contributed by atoms with Gasteiger partial charge in [-0.05, 0) is 25.0 Å². The van der Waals surface area contributed by atoms with E-state index < -0.39 is 0 Å². The smallest absolute Gasteiger partial charge is 0.151 e. The monoisotopic (exact) mass is 338 g/mol. The van der Waals surface area contributed by atoms with Gasteiger partial charge in [-0.25, -0.2) is 4.98 Å². The van der Waals surface area contributed by atoms with Crippen molar-refractivity contribution in [2.75, 3.05) is 29.9 Å². The summed E-state index contributed by atoms with van der Waals surface area (Å²) < 4.78 is 0. The number of hydrogen-bond acceptors (Lipinski definition) is 6. The Morgan fingerprint density at radius 3 is 2.48 bits per heavy atom. The molecule has 2 aromatic rings. The summed E-state index contributed by atoms with van der Waals surface area (Å²) in [4.78, 5) is 11.3. The van der Waals surface area contributed by atoms with E-state index in [1.165, 1.54) is 12.8 Å². The zero-order valence-electron chi connectivity index (χ0n) is 15.2. The van der Waals surface area contributed by atoms with Gasteiger partial charge in [0.25, 0.3) is 0 Å². The highest BCUT2D eigenvalue weighted by Crippen LogP contribution is 2.41. The molecule has 0 bridgehead atoms. The van der Waals surface area contributed by atoms with Gasteiger partial charge in [0.15, 0.2) is 5.82 Å². The van der Waals surface area contributed by atoms with Crippen molar-refractivity contribution in [2.45, 2.75) is 44.9 Å². The lowest BCUT2D eigenvalue weighted by Crippen LogP contribution is -2.50. The third-order valence-electron chi connectivity index (χ3n) is 4.95. The standard InChI is InChI=1S/C19H26N6/c1-19(2,3)15-6-7-16(24-23-15)25-11-13(12-25)10-22-18-17(14-4-5-14)20-8-9-21-18/h6-9,13-14H,4-5,10-12H2,1-3H3,(H,21,22). The van der Waals surface area contributed by atoms with Crippen LogP contribution in [0, 0.1) is 5.92 Å². The Hall–Kier alpha value is -2.24. The molecule has 6 nitrogen and oxygen atoms in total. The van der Waals surface area contributed by atoms with Crippen LogP contribution in [0.5, 0.6) is 0 Å². The summed E-state index contributed by atoms with van der Waals surface area (Å²) in [7, 11) is 0. The van der Waals surface area contributed by atoms with Crippen LogP contribution >= 0.6 is 0 Å². The van der Waals surface area contributed by atoms with E-state index in [9.17, 15) is 0 Å². The fourth-order valence-electron chi connectivity index (χ4n) is 3.16. The second-order valence-corrected chi connectivity index (χ2v) is 8.24. The molecular formula is C19H26N6. The predicted molar refractivity (Wildman–Crippen MR) is 98.9 cm³/mol. The molecule has 132 valence electrons. The van der Waals surface area contributed by atoms with Crippen molar-refractivity contribution in [1.29, 1.82) is 0 Å². The molecule has 1 aliphatic heterocycles. The first kappa shape index (κ1) is 16.2. The molecule has 1 saturated carbocycles. The molecule has 0 radical (unpaired) electrons. The minimum atomic E-state index is 0.0446. The normalized spacial score (nSPS) is 18.1. The second kappa shape index (κ2) is 6.24. The Bertz CT molecular complexity index is 726. The summed E-state index contributed by atoms with van der Waals surface area (Å²) in [6.07, 6.45) is 6.05. The van der Waals surface area contributed by atoms with E-state index in [0.29, 0.717) is 11.8 Å². The molecule has 1 aliphatic carbocycles. The molecule has 0 atom stereocenters. The number of rotatable bonds is 5. The van der Waals surface area contributed by atoms with E-state index in [1.54, 1.807) is 12.4 Å². The van der Waals surface area contributed by atoms with Crippen molar-refractivity contribution < 1.29 is 0 Å². The fraction of sp³-hybridized carbons (Fsp3) is 0.579. The van der Waals surface area contributed by atoms with Gasteiger partial charge < -0.3 is 10.2 Å². The molecule has 0 spiro atoms. The third kappa shape index (κ3) is 3.57. The van der Waals surface area contributed by atoms with Crippen molar-refractivity contribution in [3.05, 3.63) is 35.9 Å². The van der Waals surface area contributed by atoms with E-state index >= 15 is 0 Å². The van der Waals surface area contributed by atoms with E-state index in [2.05, 4.69) is 63.3 Å². The van der Waals surface area contributed by atoms with Crippen LogP contribution < -0.4 is 10.2 Å². The average molecular weight is 338 g/mol. The lowest BCUT2D eigenvalue weighted by molar-refractivity contribution is 0.424. The molecule has 3 heterocycles. The van der Waals surface area contributed by atoms with Crippen molar-refractivity contribution in [1.82, 2.24) is 20.2 Å². The van der Waals surface area contributed by atoms with Crippen LogP contribution in [0.2, 0.25) is 0 Å². The highest BCUT2D eigenvalue weighted by molar-refractivity contribution is 5.45. The topological polar surface area (TPSA) is 66.8 Å². The summed E-state index contributed by atoms with van der Waals surface area (Å²) in [5.41, 5.74) is 2.22. The maximum Gasteiger partial charge on any atom is 0.151 e. The third-order valence-corrected chi connectivity index (χ3v) is 4.95. The molecule has 1 saturated heterocycles. The van der Waals surface area contributed by atoms with Gasteiger partial charge in [-0.2, -0.15) is 5.10 Å². The first-order chi connectivity index (χ1) is 12.0. The van der Waals surface area contributed by atoms with E-state index in [4.69, 9.17) is 0 Å². The molecule has 0 aromatic carbocycles.